The van der Waals surface area contributed by atoms with Crippen LogP contribution in [0, 0.1) is 0 Å². The van der Waals surface area contributed by atoms with Crippen LogP contribution in [0.4, 0.5) is 0 Å². The molecule has 0 bridgehead atoms. The van der Waals surface area contributed by atoms with E-state index in [9.17, 15) is 0 Å². The Labute approximate surface area is 128 Å². The van der Waals surface area contributed by atoms with E-state index in [0.717, 1.165) is 0 Å². The summed E-state index contributed by atoms with van der Waals surface area (Å²) in [5.74, 6) is 0.601. The van der Waals surface area contributed by atoms with Gasteiger partial charge in [-0.25, -0.2) is 4.68 Å². The maximum Gasteiger partial charge on any atom is 0.217 e. The van der Waals surface area contributed by atoms with Crippen LogP contribution in [0.2, 0.25) is 10.0 Å². The summed E-state index contributed by atoms with van der Waals surface area (Å²) in [4.78, 5) is 0. The van der Waals surface area contributed by atoms with E-state index < -0.39 is 3.91 Å². The van der Waals surface area contributed by atoms with E-state index in [4.69, 9.17) is 39.5 Å². The van der Waals surface area contributed by atoms with Crippen molar-refractivity contribution >= 4 is 50.7 Å². The second-order valence-electron chi connectivity index (χ2n) is 3.49. The predicted octanol–water partition coefficient (Wildman–Crippen LogP) is 4.49. The first-order chi connectivity index (χ1) is 8.45. The first kappa shape index (κ1) is 14.0. The Morgan fingerprint density at radius 1 is 1.39 bits per heavy atom. The first-order valence-corrected chi connectivity index (χ1v) is 6.80. The Hall–Kier alpha value is -0.420. The van der Waals surface area contributed by atoms with E-state index in [1.165, 1.54) is 4.68 Å². The van der Waals surface area contributed by atoms with Crippen molar-refractivity contribution < 1.29 is 4.74 Å². The van der Waals surface area contributed by atoms with Gasteiger partial charge in [0.25, 0.3) is 0 Å². The van der Waals surface area contributed by atoms with E-state index in [2.05, 4.69) is 21.0 Å². The zero-order valence-electron chi connectivity index (χ0n) is 9.20. The van der Waals surface area contributed by atoms with Gasteiger partial charge < -0.3 is 4.74 Å². The monoisotopic (exact) mass is 368 g/mol. The molecule has 1 atom stereocenters. The molecule has 0 radical (unpaired) electrons. The Morgan fingerprint density at radius 2 is 2.11 bits per heavy atom. The molecule has 1 aromatic carbocycles. The van der Waals surface area contributed by atoms with E-state index in [0.29, 0.717) is 21.4 Å². The largest absolute Gasteiger partial charge is 0.493 e. The highest BCUT2D eigenvalue weighted by molar-refractivity contribution is 9.10. The van der Waals surface area contributed by atoms with E-state index in [-0.39, 0.29) is 0 Å². The summed E-state index contributed by atoms with van der Waals surface area (Å²) >= 11 is 21.8. The minimum absolute atomic E-state index is 0.448. The van der Waals surface area contributed by atoms with Gasteiger partial charge in [0.05, 0.1) is 19.5 Å². The second kappa shape index (κ2) is 5.29. The smallest absolute Gasteiger partial charge is 0.217 e. The third-order valence-electron chi connectivity index (χ3n) is 2.34. The zero-order valence-corrected chi connectivity index (χ0v) is 13.1. The maximum absolute atomic E-state index is 6.45. The van der Waals surface area contributed by atoms with Crippen LogP contribution >= 0.6 is 50.7 Å². The third kappa shape index (κ3) is 2.62. The molecule has 0 saturated heterocycles. The molecule has 2 rings (SSSR count). The highest BCUT2D eigenvalue weighted by atomic mass is 79.9. The van der Waals surface area contributed by atoms with Crippen LogP contribution in [0.5, 0.6) is 5.75 Å². The quantitative estimate of drug-likeness (QED) is 0.745. The number of halogens is 4. The summed E-state index contributed by atoms with van der Waals surface area (Å²) < 4.78 is 5.47. The normalized spacial score (nSPS) is 14.3. The number of hydrogen-bond acceptors (Lipinski definition) is 2. The highest BCUT2D eigenvalue weighted by Gasteiger charge is 2.31. The number of hydrogen-bond donors (Lipinski definition) is 0. The summed E-state index contributed by atoms with van der Waals surface area (Å²) in [6.07, 6.45) is 3.22. The number of methoxy groups -OCH3 is 1. The van der Waals surface area contributed by atoms with Gasteiger partial charge in [0.2, 0.25) is 3.91 Å². The van der Waals surface area contributed by atoms with Crippen LogP contribution in [0.1, 0.15) is 5.56 Å². The van der Waals surface area contributed by atoms with Gasteiger partial charge in [-0.15, -0.1) is 0 Å². The fourth-order valence-corrected chi connectivity index (χ4v) is 2.93. The van der Waals surface area contributed by atoms with Crippen LogP contribution < -0.4 is 4.74 Å². The van der Waals surface area contributed by atoms with Crippen molar-refractivity contribution in [2.75, 3.05) is 7.11 Å². The molecule has 0 N–H and O–H groups in total. The van der Waals surface area contributed by atoms with Gasteiger partial charge in [0.1, 0.15) is 0 Å². The molecule has 7 heteroatoms. The topological polar surface area (TPSA) is 27.1 Å². The molecule has 18 heavy (non-hydrogen) atoms. The lowest BCUT2D eigenvalue weighted by Crippen LogP contribution is -2.22. The summed E-state index contributed by atoms with van der Waals surface area (Å²) in [6, 6.07) is 5.07. The SMILES string of the molecule is COc1cnn(C(Cl)(Br)c2ccc(Cl)cc2Cl)c1. The van der Waals surface area contributed by atoms with E-state index in [1.54, 1.807) is 37.7 Å². The van der Waals surface area contributed by atoms with Crippen LogP contribution in [-0.4, -0.2) is 16.9 Å². The van der Waals surface area contributed by atoms with E-state index >= 15 is 0 Å². The van der Waals surface area contributed by atoms with Gasteiger partial charge in [-0.3, -0.25) is 0 Å². The number of aromatic nitrogens is 2. The van der Waals surface area contributed by atoms with E-state index in [1.807, 2.05) is 0 Å². The molecule has 1 heterocycles. The first-order valence-electron chi connectivity index (χ1n) is 4.87. The lowest BCUT2D eigenvalue weighted by atomic mass is 10.2. The number of nitrogens with zero attached hydrogens (tertiary/aromatic N) is 2. The molecular formula is C11H8BrCl3N2O. The molecule has 96 valence electrons. The Balaban J connectivity index is 2.46. The van der Waals surface area contributed by atoms with Crippen molar-refractivity contribution in [3.05, 3.63) is 46.2 Å². The Morgan fingerprint density at radius 3 is 2.67 bits per heavy atom. The zero-order chi connectivity index (χ0) is 13.3. The molecule has 0 saturated carbocycles. The Bertz CT molecular complexity index is 571. The van der Waals surface area contributed by atoms with Crippen LogP contribution in [0.25, 0.3) is 0 Å². The minimum Gasteiger partial charge on any atom is -0.493 e. The van der Waals surface area contributed by atoms with Gasteiger partial charge in [0.15, 0.2) is 5.75 Å². The summed E-state index contributed by atoms with van der Waals surface area (Å²) in [7, 11) is 1.56. The van der Waals surface area contributed by atoms with Crippen molar-refractivity contribution in [2.45, 2.75) is 3.91 Å². The highest BCUT2D eigenvalue weighted by Crippen LogP contribution is 2.42. The molecular weight excluding hydrogens is 362 g/mol. The molecule has 1 aromatic heterocycles. The molecule has 0 fully saturated rings. The lowest BCUT2D eigenvalue weighted by molar-refractivity contribution is 0.413. The van der Waals surface area contributed by atoms with Crippen LogP contribution in [-0.2, 0) is 3.91 Å². The number of ether oxygens (including phenoxy) is 1. The minimum atomic E-state index is -1.09. The lowest BCUT2D eigenvalue weighted by Gasteiger charge is -2.22. The molecule has 3 nitrogen and oxygen atoms in total. The van der Waals surface area contributed by atoms with Crippen molar-refractivity contribution in [1.82, 2.24) is 9.78 Å². The Kier molecular flexibility index (Phi) is 4.11. The summed E-state index contributed by atoms with van der Waals surface area (Å²) in [5.41, 5.74) is 0.640. The van der Waals surface area contributed by atoms with Gasteiger partial charge in [-0.05, 0) is 28.1 Å². The summed E-state index contributed by atoms with van der Waals surface area (Å²) in [5, 5.41) is 5.11. The molecule has 1 unspecified atom stereocenters. The molecule has 0 amide bonds. The standard InChI is InChI=1S/C11H8BrCl3N2O/c1-18-8-5-16-17(6-8)11(12,15)9-3-2-7(13)4-10(9)14/h2-6H,1H3. The maximum atomic E-state index is 6.45. The summed E-state index contributed by atoms with van der Waals surface area (Å²) in [6.45, 7) is 0. The third-order valence-corrected chi connectivity index (χ3v) is 4.05. The number of alkyl halides is 2. The molecule has 2 aromatic rings. The van der Waals surface area contributed by atoms with Crippen LogP contribution in [0.3, 0.4) is 0 Å². The van der Waals surface area contributed by atoms with Gasteiger partial charge in [-0.2, -0.15) is 5.10 Å². The predicted molar refractivity (Wildman–Crippen MR) is 77.1 cm³/mol. The fraction of sp³-hybridized carbons (Fsp3) is 0.182. The van der Waals surface area contributed by atoms with Crippen molar-refractivity contribution in [3.8, 4) is 5.75 Å². The average Bonchev–Trinajstić information content (AvgIpc) is 2.77. The van der Waals surface area contributed by atoms with Crippen LogP contribution in [0.15, 0.2) is 30.6 Å². The van der Waals surface area contributed by atoms with Gasteiger partial charge >= 0.3 is 0 Å². The molecule has 0 aliphatic rings. The van der Waals surface area contributed by atoms with Crippen molar-refractivity contribution in [2.24, 2.45) is 0 Å². The second-order valence-corrected chi connectivity index (χ2v) is 6.48. The number of rotatable bonds is 3. The average molecular weight is 370 g/mol. The molecule has 0 aliphatic carbocycles. The van der Waals surface area contributed by atoms with Gasteiger partial charge in [0, 0.05) is 15.6 Å². The van der Waals surface area contributed by atoms with Gasteiger partial charge in [-0.1, -0.05) is 40.9 Å². The van der Waals surface area contributed by atoms with Crippen molar-refractivity contribution in [1.29, 1.82) is 0 Å². The fourth-order valence-electron chi connectivity index (χ4n) is 1.42. The number of benzene rings is 1. The molecule has 0 aliphatic heterocycles. The molecule has 0 spiro atoms. The van der Waals surface area contributed by atoms with Crippen molar-refractivity contribution in [3.63, 3.8) is 0 Å².